The highest BCUT2D eigenvalue weighted by Crippen LogP contribution is 2.25. The predicted octanol–water partition coefficient (Wildman–Crippen LogP) is 2.20. The smallest absolute Gasteiger partial charge is 0.126 e. The van der Waals surface area contributed by atoms with E-state index >= 15 is 0 Å². The zero-order chi connectivity index (χ0) is 10.6. The lowest BCUT2D eigenvalue weighted by atomic mass is 10.1. The van der Waals surface area contributed by atoms with E-state index in [4.69, 9.17) is 15.2 Å². The number of hydrogen-bond acceptors (Lipinski definition) is 3. The largest absolute Gasteiger partial charge is 0.496 e. The Morgan fingerprint density at radius 1 is 1.36 bits per heavy atom. The number of nitrogens with two attached hydrogens (primary N) is 1. The van der Waals surface area contributed by atoms with Crippen LogP contribution in [0.15, 0.2) is 18.2 Å². The summed E-state index contributed by atoms with van der Waals surface area (Å²) in [5, 5.41) is 0. The van der Waals surface area contributed by atoms with Gasteiger partial charge in [0.2, 0.25) is 0 Å². The highest BCUT2D eigenvalue weighted by atomic mass is 16.5. The lowest BCUT2D eigenvalue weighted by molar-refractivity contribution is 0.0648. The number of rotatable bonds is 4. The second-order valence-electron chi connectivity index (χ2n) is 3.39. The molecule has 14 heavy (non-hydrogen) atoms. The van der Waals surface area contributed by atoms with Crippen LogP contribution < -0.4 is 10.5 Å². The number of anilines is 1. The molecule has 1 aromatic rings. The van der Waals surface area contributed by atoms with E-state index in [1.165, 1.54) is 0 Å². The van der Waals surface area contributed by atoms with Gasteiger partial charge < -0.3 is 15.2 Å². The van der Waals surface area contributed by atoms with Gasteiger partial charge in [0.1, 0.15) is 5.75 Å². The maximum atomic E-state index is 5.82. The van der Waals surface area contributed by atoms with Crippen LogP contribution >= 0.6 is 0 Å². The first kappa shape index (κ1) is 10.9. The zero-order valence-electron chi connectivity index (χ0n) is 8.91. The van der Waals surface area contributed by atoms with E-state index in [0.717, 1.165) is 11.3 Å². The Morgan fingerprint density at radius 3 is 2.64 bits per heavy atom. The molecule has 78 valence electrons. The summed E-state index contributed by atoms with van der Waals surface area (Å²) in [4.78, 5) is 0. The van der Waals surface area contributed by atoms with Crippen LogP contribution in [0.3, 0.4) is 0 Å². The van der Waals surface area contributed by atoms with Crippen LogP contribution in [0.2, 0.25) is 0 Å². The molecular formula is C11H17NO2. The molecule has 0 bridgehead atoms. The van der Waals surface area contributed by atoms with Gasteiger partial charge in [-0.05, 0) is 26.0 Å². The van der Waals surface area contributed by atoms with Gasteiger partial charge in [-0.15, -0.1) is 0 Å². The molecule has 0 saturated carbocycles. The summed E-state index contributed by atoms with van der Waals surface area (Å²) in [5.74, 6) is 0.783. The third-order valence-electron chi connectivity index (χ3n) is 1.95. The van der Waals surface area contributed by atoms with Crippen LogP contribution in [0.25, 0.3) is 0 Å². The van der Waals surface area contributed by atoms with Crippen molar-refractivity contribution in [2.45, 2.75) is 26.6 Å². The number of nitrogen functional groups attached to an aromatic ring is 1. The molecule has 0 fully saturated rings. The first-order valence-electron chi connectivity index (χ1n) is 4.68. The molecular weight excluding hydrogens is 178 g/mol. The average molecular weight is 195 g/mol. The summed E-state index contributed by atoms with van der Waals surface area (Å²) >= 11 is 0. The predicted molar refractivity (Wildman–Crippen MR) is 57.3 cm³/mol. The zero-order valence-corrected chi connectivity index (χ0v) is 8.91. The quantitative estimate of drug-likeness (QED) is 0.749. The van der Waals surface area contributed by atoms with Crippen LogP contribution in [0, 0.1) is 0 Å². The molecule has 0 spiro atoms. The second-order valence-corrected chi connectivity index (χ2v) is 3.39. The Bertz CT molecular complexity index is 297. The molecule has 0 amide bonds. The minimum absolute atomic E-state index is 0.194. The van der Waals surface area contributed by atoms with Crippen LogP contribution in [-0.2, 0) is 11.3 Å². The van der Waals surface area contributed by atoms with Crippen LogP contribution in [-0.4, -0.2) is 13.2 Å². The molecule has 1 aromatic carbocycles. The first-order chi connectivity index (χ1) is 6.65. The molecule has 0 unspecified atom stereocenters. The Kier molecular flexibility index (Phi) is 3.77. The van der Waals surface area contributed by atoms with Crippen molar-refractivity contribution in [1.82, 2.24) is 0 Å². The Hall–Kier alpha value is -1.22. The lowest BCUT2D eigenvalue weighted by Gasteiger charge is -2.13. The van der Waals surface area contributed by atoms with Crippen molar-refractivity contribution in [3.8, 4) is 5.75 Å². The van der Waals surface area contributed by atoms with Gasteiger partial charge in [-0.2, -0.15) is 0 Å². The number of ether oxygens (including phenoxy) is 2. The molecule has 0 saturated heterocycles. The standard InChI is InChI=1S/C11H17NO2/c1-8(2)14-7-9-10(12)5-4-6-11(9)13-3/h4-6,8H,7,12H2,1-3H3. The number of hydrogen-bond donors (Lipinski definition) is 1. The van der Waals surface area contributed by atoms with Crippen molar-refractivity contribution < 1.29 is 9.47 Å². The third-order valence-corrected chi connectivity index (χ3v) is 1.95. The molecule has 0 radical (unpaired) electrons. The summed E-state index contributed by atoms with van der Waals surface area (Å²) < 4.78 is 10.7. The van der Waals surface area contributed by atoms with Crippen molar-refractivity contribution in [1.29, 1.82) is 0 Å². The van der Waals surface area contributed by atoms with Crippen molar-refractivity contribution >= 4 is 5.69 Å². The SMILES string of the molecule is COc1cccc(N)c1COC(C)C. The van der Waals surface area contributed by atoms with Gasteiger partial charge in [0.25, 0.3) is 0 Å². The second kappa shape index (κ2) is 4.86. The number of benzene rings is 1. The minimum Gasteiger partial charge on any atom is -0.496 e. The van der Waals surface area contributed by atoms with Crippen LogP contribution in [0.4, 0.5) is 5.69 Å². The molecule has 0 aliphatic rings. The van der Waals surface area contributed by atoms with Gasteiger partial charge in [-0.1, -0.05) is 6.07 Å². The summed E-state index contributed by atoms with van der Waals surface area (Å²) in [7, 11) is 1.63. The van der Waals surface area contributed by atoms with E-state index < -0.39 is 0 Å². The molecule has 0 aromatic heterocycles. The van der Waals surface area contributed by atoms with Gasteiger partial charge >= 0.3 is 0 Å². The summed E-state index contributed by atoms with van der Waals surface area (Å²) in [6.07, 6.45) is 0.194. The first-order valence-corrected chi connectivity index (χ1v) is 4.68. The highest BCUT2D eigenvalue weighted by molar-refractivity contribution is 5.53. The molecule has 0 atom stereocenters. The normalized spacial score (nSPS) is 10.6. The Labute approximate surface area is 84.8 Å². The molecule has 2 N–H and O–H groups in total. The Morgan fingerprint density at radius 2 is 2.07 bits per heavy atom. The van der Waals surface area contributed by atoms with Crippen LogP contribution in [0.5, 0.6) is 5.75 Å². The average Bonchev–Trinajstić information content (AvgIpc) is 2.15. The van der Waals surface area contributed by atoms with E-state index in [1.807, 2.05) is 32.0 Å². The van der Waals surface area contributed by atoms with Gasteiger partial charge in [-0.3, -0.25) is 0 Å². The van der Waals surface area contributed by atoms with E-state index in [0.29, 0.717) is 12.3 Å². The topological polar surface area (TPSA) is 44.5 Å². The van der Waals surface area contributed by atoms with Crippen LogP contribution in [0.1, 0.15) is 19.4 Å². The maximum absolute atomic E-state index is 5.82. The van der Waals surface area contributed by atoms with E-state index in [-0.39, 0.29) is 6.10 Å². The van der Waals surface area contributed by atoms with Crippen molar-refractivity contribution in [3.05, 3.63) is 23.8 Å². The van der Waals surface area contributed by atoms with Crippen molar-refractivity contribution in [2.24, 2.45) is 0 Å². The van der Waals surface area contributed by atoms with E-state index in [2.05, 4.69) is 0 Å². The summed E-state index contributed by atoms with van der Waals surface area (Å²) in [6, 6.07) is 5.60. The fourth-order valence-corrected chi connectivity index (χ4v) is 1.18. The third kappa shape index (κ3) is 2.64. The number of methoxy groups -OCH3 is 1. The van der Waals surface area contributed by atoms with Gasteiger partial charge in [0.15, 0.2) is 0 Å². The van der Waals surface area contributed by atoms with Gasteiger partial charge in [0, 0.05) is 11.3 Å². The van der Waals surface area contributed by atoms with E-state index in [1.54, 1.807) is 7.11 Å². The summed E-state index contributed by atoms with van der Waals surface area (Å²) in [6.45, 7) is 4.48. The molecule has 3 nitrogen and oxygen atoms in total. The maximum Gasteiger partial charge on any atom is 0.126 e. The van der Waals surface area contributed by atoms with E-state index in [9.17, 15) is 0 Å². The lowest BCUT2D eigenvalue weighted by Crippen LogP contribution is -2.05. The fourth-order valence-electron chi connectivity index (χ4n) is 1.18. The summed E-state index contributed by atoms with van der Waals surface area (Å²) in [5.41, 5.74) is 7.46. The highest BCUT2D eigenvalue weighted by Gasteiger charge is 2.07. The molecule has 0 heterocycles. The fraction of sp³-hybridized carbons (Fsp3) is 0.455. The minimum atomic E-state index is 0.194. The molecule has 1 rings (SSSR count). The molecule has 0 aliphatic carbocycles. The van der Waals surface area contributed by atoms with Crippen molar-refractivity contribution in [3.63, 3.8) is 0 Å². The van der Waals surface area contributed by atoms with Gasteiger partial charge in [0.05, 0.1) is 19.8 Å². The Balaban J connectivity index is 2.82. The van der Waals surface area contributed by atoms with Crippen molar-refractivity contribution in [2.75, 3.05) is 12.8 Å². The molecule has 0 aliphatic heterocycles. The monoisotopic (exact) mass is 195 g/mol. The molecule has 3 heteroatoms. The van der Waals surface area contributed by atoms with Gasteiger partial charge in [-0.25, -0.2) is 0 Å².